The van der Waals surface area contributed by atoms with Gasteiger partial charge >= 0.3 is 0 Å². The number of hydrogen-bond donors (Lipinski definition) is 0. The summed E-state index contributed by atoms with van der Waals surface area (Å²) in [5.74, 6) is -0.0187. The van der Waals surface area contributed by atoms with Gasteiger partial charge < -0.3 is 4.90 Å². The number of hydrogen-bond acceptors (Lipinski definition) is 2. The van der Waals surface area contributed by atoms with E-state index in [1.165, 1.54) is 5.56 Å². The highest BCUT2D eigenvalue weighted by Crippen LogP contribution is 2.33. The second-order valence-corrected chi connectivity index (χ2v) is 6.41. The van der Waals surface area contributed by atoms with Gasteiger partial charge in [-0.05, 0) is 38.0 Å². The Hall–Kier alpha value is -2.33. The summed E-state index contributed by atoms with van der Waals surface area (Å²) in [7, 11) is 0. The zero-order chi connectivity index (χ0) is 16.1. The van der Waals surface area contributed by atoms with Crippen molar-refractivity contribution < 1.29 is 4.79 Å². The van der Waals surface area contributed by atoms with Gasteiger partial charge in [0, 0.05) is 29.0 Å². The molecule has 5 heteroatoms. The van der Waals surface area contributed by atoms with Crippen molar-refractivity contribution in [2.45, 2.75) is 26.3 Å². The normalized spacial score (nSPS) is 16.8. The number of para-hydroxylation sites is 1. The fourth-order valence-corrected chi connectivity index (χ4v) is 3.54. The van der Waals surface area contributed by atoms with E-state index in [0.29, 0.717) is 22.1 Å². The van der Waals surface area contributed by atoms with Crippen molar-refractivity contribution in [2.75, 3.05) is 4.90 Å². The Bertz CT molecular complexity index is 931. The lowest BCUT2D eigenvalue weighted by Gasteiger charge is -2.22. The minimum Gasteiger partial charge on any atom is -0.304 e. The molecule has 2 aromatic heterocycles. The van der Waals surface area contributed by atoms with Gasteiger partial charge in [-0.15, -0.1) is 0 Å². The molecule has 1 unspecified atom stereocenters. The number of pyridine rings is 1. The predicted octanol–water partition coefficient (Wildman–Crippen LogP) is 3.89. The van der Waals surface area contributed by atoms with Gasteiger partial charge in [0.2, 0.25) is 0 Å². The van der Waals surface area contributed by atoms with Crippen molar-refractivity contribution in [3.05, 3.63) is 64.6 Å². The molecule has 0 fully saturated rings. The predicted molar refractivity (Wildman–Crippen MR) is 91.4 cm³/mol. The fraction of sp³-hybridized carbons (Fsp3) is 0.222. The number of amides is 1. The molecular formula is C18H16ClN3O. The third-order valence-electron chi connectivity index (χ3n) is 4.39. The smallest absolute Gasteiger partial charge is 0.277 e. The van der Waals surface area contributed by atoms with E-state index < -0.39 is 0 Å². The van der Waals surface area contributed by atoms with Gasteiger partial charge in [-0.25, -0.2) is 4.98 Å². The molecule has 1 aromatic carbocycles. The van der Waals surface area contributed by atoms with Crippen molar-refractivity contribution >= 4 is 28.8 Å². The van der Waals surface area contributed by atoms with E-state index in [1.807, 2.05) is 34.4 Å². The average Bonchev–Trinajstić information content (AvgIpc) is 3.01. The Morgan fingerprint density at radius 2 is 2.09 bits per heavy atom. The van der Waals surface area contributed by atoms with Crippen LogP contribution >= 0.6 is 11.6 Å². The first-order valence-electron chi connectivity index (χ1n) is 7.62. The van der Waals surface area contributed by atoms with Crippen molar-refractivity contribution in [2.24, 2.45) is 0 Å². The summed E-state index contributed by atoms with van der Waals surface area (Å²) in [6, 6.07) is 11.8. The molecule has 0 aliphatic carbocycles. The van der Waals surface area contributed by atoms with E-state index >= 15 is 0 Å². The van der Waals surface area contributed by atoms with Crippen LogP contribution in [0.1, 0.15) is 28.7 Å². The molecule has 0 spiro atoms. The SMILES string of the molecule is Cc1nc2cc(Cl)ccn2c1C(=O)N1c2ccccc2CC1C. The largest absolute Gasteiger partial charge is 0.304 e. The summed E-state index contributed by atoms with van der Waals surface area (Å²) in [6.45, 7) is 3.94. The second-order valence-electron chi connectivity index (χ2n) is 5.98. The highest BCUT2D eigenvalue weighted by atomic mass is 35.5. The minimum atomic E-state index is -0.0187. The summed E-state index contributed by atoms with van der Waals surface area (Å²) in [6.07, 6.45) is 2.68. The lowest BCUT2D eigenvalue weighted by molar-refractivity contribution is 0.0975. The number of rotatable bonds is 1. The number of carbonyl (C=O) groups excluding carboxylic acids is 1. The number of aromatic nitrogens is 2. The van der Waals surface area contributed by atoms with E-state index in [9.17, 15) is 4.79 Å². The van der Waals surface area contributed by atoms with Crippen LogP contribution in [0, 0.1) is 6.92 Å². The van der Waals surface area contributed by atoms with Crippen LogP contribution in [-0.2, 0) is 6.42 Å². The molecule has 1 aliphatic heterocycles. The molecule has 4 nitrogen and oxygen atoms in total. The van der Waals surface area contributed by atoms with Gasteiger partial charge in [-0.2, -0.15) is 0 Å². The Labute approximate surface area is 139 Å². The van der Waals surface area contributed by atoms with E-state index in [4.69, 9.17) is 11.6 Å². The van der Waals surface area contributed by atoms with Crippen LogP contribution in [0.25, 0.3) is 5.65 Å². The summed E-state index contributed by atoms with van der Waals surface area (Å²) in [5.41, 5.74) is 4.21. The number of benzene rings is 1. The van der Waals surface area contributed by atoms with Gasteiger partial charge in [0.15, 0.2) is 0 Å². The number of imidazole rings is 1. The maximum absolute atomic E-state index is 13.2. The third-order valence-corrected chi connectivity index (χ3v) is 4.63. The van der Waals surface area contributed by atoms with Crippen molar-refractivity contribution in [3.8, 4) is 0 Å². The van der Waals surface area contributed by atoms with E-state index in [1.54, 1.807) is 18.3 Å². The maximum atomic E-state index is 13.2. The zero-order valence-corrected chi connectivity index (χ0v) is 13.7. The highest BCUT2D eigenvalue weighted by Gasteiger charge is 2.33. The van der Waals surface area contributed by atoms with Crippen molar-refractivity contribution in [1.29, 1.82) is 0 Å². The van der Waals surface area contributed by atoms with Gasteiger partial charge in [0.25, 0.3) is 5.91 Å². The maximum Gasteiger partial charge on any atom is 0.277 e. The summed E-state index contributed by atoms with van der Waals surface area (Å²) in [4.78, 5) is 19.6. The van der Waals surface area contributed by atoms with E-state index in [0.717, 1.165) is 12.1 Å². The first-order valence-corrected chi connectivity index (χ1v) is 7.99. The van der Waals surface area contributed by atoms with Crippen molar-refractivity contribution in [1.82, 2.24) is 9.38 Å². The van der Waals surface area contributed by atoms with E-state index in [-0.39, 0.29) is 11.9 Å². The third kappa shape index (κ3) is 2.13. The van der Waals surface area contributed by atoms with Gasteiger partial charge in [-0.3, -0.25) is 9.20 Å². The molecular weight excluding hydrogens is 310 g/mol. The number of fused-ring (bicyclic) bond motifs is 2. The van der Waals surface area contributed by atoms with E-state index in [2.05, 4.69) is 18.0 Å². The number of aryl methyl sites for hydroxylation is 1. The summed E-state index contributed by atoms with van der Waals surface area (Å²) in [5, 5.41) is 0.612. The lowest BCUT2D eigenvalue weighted by Crippen LogP contribution is -2.36. The first kappa shape index (κ1) is 14.3. The number of anilines is 1. The van der Waals surface area contributed by atoms with Gasteiger partial charge in [0.1, 0.15) is 11.3 Å². The Balaban J connectivity index is 1.86. The van der Waals surface area contributed by atoms with Crippen molar-refractivity contribution in [3.63, 3.8) is 0 Å². The number of nitrogens with zero attached hydrogens (tertiary/aromatic N) is 3. The molecule has 0 radical (unpaired) electrons. The first-order chi connectivity index (χ1) is 11.1. The highest BCUT2D eigenvalue weighted by molar-refractivity contribution is 6.30. The fourth-order valence-electron chi connectivity index (χ4n) is 3.38. The number of halogens is 1. The van der Waals surface area contributed by atoms with Crippen LogP contribution in [-0.4, -0.2) is 21.3 Å². The molecule has 0 saturated heterocycles. The van der Waals surface area contributed by atoms with Gasteiger partial charge in [-0.1, -0.05) is 29.8 Å². The Morgan fingerprint density at radius 1 is 1.30 bits per heavy atom. The lowest BCUT2D eigenvalue weighted by atomic mass is 10.1. The standard InChI is InChI=1S/C18H16ClN3O/c1-11-9-13-5-3-4-6-15(13)22(11)18(23)17-12(2)20-16-10-14(19)7-8-21(16)17/h3-8,10-11H,9H2,1-2H3. The number of carbonyl (C=O) groups is 1. The molecule has 3 aromatic rings. The topological polar surface area (TPSA) is 37.6 Å². The Morgan fingerprint density at radius 3 is 2.91 bits per heavy atom. The molecule has 23 heavy (non-hydrogen) atoms. The molecule has 3 heterocycles. The second kappa shape index (κ2) is 5.10. The van der Waals surface area contributed by atoms with Crippen LogP contribution in [0.15, 0.2) is 42.6 Å². The molecule has 0 N–H and O–H groups in total. The molecule has 1 amide bonds. The Kier molecular flexibility index (Phi) is 3.16. The molecule has 4 rings (SSSR count). The minimum absolute atomic E-state index is 0.0187. The van der Waals surface area contributed by atoms with Crippen LogP contribution in [0.2, 0.25) is 5.02 Å². The molecule has 1 aliphatic rings. The summed E-state index contributed by atoms with van der Waals surface area (Å²) < 4.78 is 1.82. The molecule has 0 bridgehead atoms. The van der Waals surface area contributed by atoms with Crippen LogP contribution < -0.4 is 4.90 Å². The quantitative estimate of drug-likeness (QED) is 0.680. The molecule has 0 saturated carbocycles. The molecule has 116 valence electrons. The zero-order valence-electron chi connectivity index (χ0n) is 13.0. The van der Waals surface area contributed by atoms with Crippen LogP contribution in [0.4, 0.5) is 5.69 Å². The average molecular weight is 326 g/mol. The van der Waals surface area contributed by atoms with Gasteiger partial charge in [0.05, 0.1) is 5.69 Å². The van der Waals surface area contributed by atoms with Crippen LogP contribution in [0.3, 0.4) is 0 Å². The summed E-state index contributed by atoms with van der Waals surface area (Å²) >= 11 is 6.03. The van der Waals surface area contributed by atoms with Crippen LogP contribution in [0.5, 0.6) is 0 Å². The molecule has 1 atom stereocenters. The monoisotopic (exact) mass is 325 g/mol.